The molecule has 0 aromatic heterocycles. The van der Waals surface area contributed by atoms with Gasteiger partial charge in [0, 0.05) is 29.1 Å². The molecule has 112 valence electrons. The maximum atomic E-state index is 3.76. The van der Waals surface area contributed by atoms with Crippen LogP contribution < -0.4 is 10.2 Å². The number of nitrogens with one attached hydrogen (secondary N) is 1. The minimum atomic E-state index is 0.160. The van der Waals surface area contributed by atoms with Crippen molar-refractivity contribution in [1.29, 1.82) is 0 Å². The Morgan fingerprint density at radius 2 is 2.10 bits per heavy atom. The van der Waals surface area contributed by atoms with Crippen LogP contribution in [0.4, 0.5) is 5.69 Å². The molecule has 1 aromatic rings. The predicted molar refractivity (Wildman–Crippen MR) is 91.4 cm³/mol. The van der Waals surface area contributed by atoms with E-state index in [1.165, 1.54) is 41.5 Å². The average Bonchev–Trinajstić information content (AvgIpc) is 2.83. The fraction of sp³-hybridized carbons (Fsp3) is 0.647. The molecule has 1 saturated heterocycles. The molecular weight excluding hydrogens is 312 g/mol. The normalized spacial score (nSPS) is 19.6. The molecule has 3 heteroatoms. The Bertz CT molecular complexity index is 451. The summed E-state index contributed by atoms with van der Waals surface area (Å²) in [5.41, 5.74) is 2.85. The molecule has 1 N–H and O–H groups in total. The Morgan fingerprint density at radius 1 is 1.35 bits per heavy atom. The van der Waals surface area contributed by atoms with Gasteiger partial charge in [-0.3, -0.25) is 0 Å². The summed E-state index contributed by atoms with van der Waals surface area (Å²) in [7, 11) is 0. The molecule has 1 aliphatic rings. The Labute approximate surface area is 132 Å². The quantitative estimate of drug-likeness (QED) is 0.854. The highest BCUT2D eigenvalue weighted by molar-refractivity contribution is 9.10. The molecule has 1 unspecified atom stereocenters. The van der Waals surface area contributed by atoms with E-state index in [2.05, 4.69) is 72.0 Å². The van der Waals surface area contributed by atoms with E-state index in [1.54, 1.807) is 0 Å². The van der Waals surface area contributed by atoms with Crippen LogP contribution in [0.15, 0.2) is 22.7 Å². The van der Waals surface area contributed by atoms with Gasteiger partial charge in [0.25, 0.3) is 0 Å². The van der Waals surface area contributed by atoms with E-state index in [0.29, 0.717) is 6.04 Å². The number of nitrogens with zero attached hydrogens (tertiary/aromatic N) is 1. The van der Waals surface area contributed by atoms with E-state index >= 15 is 0 Å². The van der Waals surface area contributed by atoms with Crippen LogP contribution in [0.5, 0.6) is 0 Å². The van der Waals surface area contributed by atoms with Crippen molar-refractivity contribution in [2.75, 3.05) is 11.4 Å². The van der Waals surface area contributed by atoms with Crippen molar-refractivity contribution in [3.8, 4) is 0 Å². The molecule has 1 aromatic carbocycles. The third-order valence-corrected chi connectivity index (χ3v) is 4.63. The highest BCUT2D eigenvalue weighted by atomic mass is 79.9. The summed E-state index contributed by atoms with van der Waals surface area (Å²) >= 11 is 3.76. The van der Waals surface area contributed by atoms with Crippen LogP contribution in [0.2, 0.25) is 0 Å². The fourth-order valence-electron chi connectivity index (χ4n) is 2.84. The van der Waals surface area contributed by atoms with Crippen LogP contribution in [0.3, 0.4) is 0 Å². The first-order valence-corrected chi connectivity index (χ1v) is 8.50. The lowest BCUT2D eigenvalue weighted by molar-refractivity contribution is 0.424. The van der Waals surface area contributed by atoms with Crippen LogP contribution in [0.1, 0.15) is 52.5 Å². The van der Waals surface area contributed by atoms with Crippen LogP contribution in [-0.2, 0) is 6.54 Å². The maximum Gasteiger partial charge on any atom is 0.0513 e. The highest BCUT2D eigenvalue weighted by Crippen LogP contribution is 2.33. The number of hydrogen-bond donors (Lipinski definition) is 1. The summed E-state index contributed by atoms with van der Waals surface area (Å²) in [4.78, 5) is 2.56. The van der Waals surface area contributed by atoms with Crippen LogP contribution in [0, 0.1) is 0 Å². The van der Waals surface area contributed by atoms with Gasteiger partial charge >= 0.3 is 0 Å². The minimum absolute atomic E-state index is 0.160. The second-order valence-corrected chi connectivity index (χ2v) is 7.64. The first kappa shape index (κ1) is 15.8. The first-order chi connectivity index (χ1) is 9.40. The number of anilines is 1. The van der Waals surface area contributed by atoms with Crippen molar-refractivity contribution in [3.05, 3.63) is 28.2 Å². The largest absolute Gasteiger partial charge is 0.368 e. The van der Waals surface area contributed by atoms with Gasteiger partial charge in [-0.25, -0.2) is 0 Å². The monoisotopic (exact) mass is 338 g/mol. The molecule has 0 bridgehead atoms. The zero-order chi connectivity index (χ0) is 14.8. The standard InChI is InChI=1S/C17H27BrN2/c1-5-14-7-6-10-20(14)16-9-8-13(11-15(16)18)12-19-17(2,3)4/h8-9,11,14,19H,5-7,10,12H2,1-4H3. The van der Waals surface area contributed by atoms with Gasteiger partial charge in [0.2, 0.25) is 0 Å². The summed E-state index contributed by atoms with van der Waals surface area (Å²) in [6.45, 7) is 11.0. The molecule has 0 radical (unpaired) electrons. The zero-order valence-electron chi connectivity index (χ0n) is 13.2. The maximum absolute atomic E-state index is 3.76. The molecular formula is C17H27BrN2. The predicted octanol–water partition coefficient (Wildman–Crippen LogP) is 4.72. The first-order valence-electron chi connectivity index (χ1n) is 7.71. The van der Waals surface area contributed by atoms with E-state index in [4.69, 9.17) is 0 Å². The molecule has 0 saturated carbocycles. The van der Waals surface area contributed by atoms with Crippen molar-refractivity contribution < 1.29 is 0 Å². The number of benzene rings is 1. The van der Waals surface area contributed by atoms with Gasteiger partial charge in [0.15, 0.2) is 0 Å². The molecule has 1 fully saturated rings. The summed E-state index contributed by atoms with van der Waals surface area (Å²) in [5, 5.41) is 3.54. The second kappa shape index (κ2) is 6.48. The summed E-state index contributed by atoms with van der Waals surface area (Å²) in [5.74, 6) is 0. The average molecular weight is 339 g/mol. The second-order valence-electron chi connectivity index (χ2n) is 6.79. The van der Waals surface area contributed by atoms with Gasteiger partial charge in [-0.05, 0) is 73.7 Å². The molecule has 0 amide bonds. The Morgan fingerprint density at radius 3 is 2.70 bits per heavy atom. The van der Waals surface area contributed by atoms with Gasteiger partial charge < -0.3 is 10.2 Å². The number of halogens is 1. The van der Waals surface area contributed by atoms with Crippen molar-refractivity contribution >= 4 is 21.6 Å². The Hall–Kier alpha value is -0.540. The summed E-state index contributed by atoms with van der Waals surface area (Å²) < 4.78 is 1.23. The third-order valence-electron chi connectivity index (χ3n) is 3.99. The van der Waals surface area contributed by atoms with Gasteiger partial charge in [-0.15, -0.1) is 0 Å². The summed E-state index contributed by atoms with van der Waals surface area (Å²) in [6, 6.07) is 7.51. The van der Waals surface area contributed by atoms with Gasteiger partial charge in [-0.2, -0.15) is 0 Å². The minimum Gasteiger partial charge on any atom is -0.368 e. The zero-order valence-corrected chi connectivity index (χ0v) is 14.8. The molecule has 2 nitrogen and oxygen atoms in total. The van der Waals surface area contributed by atoms with Crippen LogP contribution in [0.25, 0.3) is 0 Å². The number of rotatable bonds is 4. The van der Waals surface area contributed by atoms with Crippen LogP contribution in [-0.4, -0.2) is 18.1 Å². The van der Waals surface area contributed by atoms with Gasteiger partial charge in [0.05, 0.1) is 5.69 Å². The lowest BCUT2D eigenvalue weighted by Gasteiger charge is -2.27. The van der Waals surface area contributed by atoms with E-state index in [1.807, 2.05) is 0 Å². The van der Waals surface area contributed by atoms with Gasteiger partial charge in [0.1, 0.15) is 0 Å². The van der Waals surface area contributed by atoms with Crippen LogP contribution >= 0.6 is 15.9 Å². The molecule has 0 spiro atoms. The van der Waals surface area contributed by atoms with Crippen molar-refractivity contribution in [3.63, 3.8) is 0 Å². The third kappa shape index (κ3) is 3.98. The van der Waals surface area contributed by atoms with E-state index in [0.717, 1.165) is 6.54 Å². The lowest BCUT2D eigenvalue weighted by atomic mass is 10.1. The smallest absolute Gasteiger partial charge is 0.0513 e. The van der Waals surface area contributed by atoms with Crippen molar-refractivity contribution in [1.82, 2.24) is 5.32 Å². The SMILES string of the molecule is CCC1CCCN1c1ccc(CNC(C)(C)C)cc1Br. The van der Waals surface area contributed by atoms with Crippen molar-refractivity contribution in [2.45, 2.75) is 65.1 Å². The molecule has 0 aliphatic carbocycles. The number of hydrogen-bond acceptors (Lipinski definition) is 2. The van der Waals surface area contributed by atoms with E-state index < -0.39 is 0 Å². The molecule has 20 heavy (non-hydrogen) atoms. The molecule has 1 aliphatic heterocycles. The van der Waals surface area contributed by atoms with Gasteiger partial charge in [-0.1, -0.05) is 13.0 Å². The topological polar surface area (TPSA) is 15.3 Å². The summed E-state index contributed by atoms with van der Waals surface area (Å²) in [6.07, 6.45) is 3.88. The molecule has 2 rings (SSSR count). The molecule has 1 heterocycles. The van der Waals surface area contributed by atoms with E-state index in [9.17, 15) is 0 Å². The Kier molecular flexibility index (Phi) is 5.14. The van der Waals surface area contributed by atoms with E-state index in [-0.39, 0.29) is 5.54 Å². The molecule has 1 atom stereocenters. The Balaban J connectivity index is 2.10. The fourth-order valence-corrected chi connectivity index (χ4v) is 3.49. The highest BCUT2D eigenvalue weighted by Gasteiger charge is 2.24. The van der Waals surface area contributed by atoms with Crippen molar-refractivity contribution in [2.24, 2.45) is 0 Å². The lowest BCUT2D eigenvalue weighted by Crippen LogP contribution is -2.35.